The zero-order valence-corrected chi connectivity index (χ0v) is 67.3. The summed E-state index contributed by atoms with van der Waals surface area (Å²) in [5, 5.41) is 10.6. The number of carbonyl (C=O) groups excluding carboxylic acids is 4. The van der Waals surface area contributed by atoms with Gasteiger partial charge in [0.2, 0.25) is 0 Å². The molecule has 0 saturated heterocycles. The summed E-state index contributed by atoms with van der Waals surface area (Å²) in [6, 6.07) is 0. The fourth-order valence-corrected chi connectivity index (χ4v) is 14.1. The summed E-state index contributed by atoms with van der Waals surface area (Å²) >= 11 is 0. The summed E-state index contributed by atoms with van der Waals surface area (Å²) in [6.07, 6.45) is 62.7. The minimum absolute atomic E-state index is 0.106. The van der Waals surface area contributed by atoms with Crippen LogP contribution in [0.2, 0.25) is 0 Å². The van der Waals surface area contributed by atoms with Crippen molar-refractivity contribution in [1.29, 1.82) is 0 Å². The number of aliphatic hydroxyl groups is 1. The highest BCUT2D eigenvalue weighted by Gasteiger charge is 2.30. The van der Waals surface area contributed by atoms with Gasteiger partial charge in [-0.15, -0.1) is 0 Å². The van der Waals surface area contributed by atoms with Crippen LogP contribution in [0.15, 0.2) is 0 Å². The molecule has 0 heterocycles. The van der Waals surface area contributed by atoms with E-state index >= 15 is 0 Å². The van der Waals surface area contributed by atoms with Gasteiger partial charge < -0.3 is 33.8 Å². The van der Waals surface area contributed by atoms with Crippen molar-refractivity contribution in [2.75, 3.05) is 39.6 Å². The van der Waals surface area contributed by atoms with E-state index in [1.807, 2.05) is 0 Å². The Morgan fingerprint density at radius 3 is 0.680 bits per heavy atom. The first kappa shape index (κ1) is 98.1. The Labute approximate surface area is 613 Å². The highest BCUT2D eigenvalue weighted by molar-refractivity contribution is 7.47. The topological polar surface area (TPSA) is 237 Å². The maximum Gasteiger partial charge on any atom is 0.472 e. The Morgan fingerprint density at radius 2 is 0.460 bits per heavy atom. The van der Waals surface area contributed by atoms with Crippen molar-refractivity contribution in [1.82, 2.24) is 0 Å². The number of unbranched alkanes of at least 4 members (excludes halogenated alkanes) is 50. The molecule has 0 rings (SSSR count). The van der Waals surface area contributed by atoms with Crippen LogP contribution in [0, 0.1) is 11.8 Å². The normalized spacial score (nSPS) is 13.9. The summed E-state index contributed by atoms with van der Waals surface area (Å²) < 4.78 is 68.6. The fraction of sp³-hybridized carbons (Fsp3) is 0.951. The number of ether oxygens (including phenoxy) is 4. The Kier molecular flexibility index (Phi) is 71.2. The van der Waals surface area contributed by atoms with E-state index in [9.17, 15) is 43.2 Å². The van der Waals surface area contributed by atoms with Crippen LogP contribution < -0.4 is 0 Å². The van der Waals surface area contributed by atoms with Gasteiger partial charge in [0.15, 0.2) is 12.2 Å². The fourth-order valence-electron chi connectivity index (χ4n) is 12.5. The Morgan fingerprint density at radius 1 is 0.270 bits per heavy atom. The second kappa shape index (κ2) is 72.6. The Balaban J connectivity index is 5.18. The van der Waals surface area contributed by atoms with Gasteiger partial charge in [-0.3, -0.25) is 37.3 Å². The third-order valence-electron chi connectivity index (χ3n) is 19.0. The average Bonchev–Trinajstić information content (AvgIpc) is 0.996. The zero-order valence-electron chi connectivity index (χ0n) is 65.5. The molecule has 0 aromatic rings. The molecule has 0 radical (unpaired) electrons. The molecule has 0 aromatic carbocycles. The monoisotopic (exact) mass is 1470 g/mol. The number of hydrogen-bond donors (Lipinski definition) is 3. The van der Waals surface area contributed by atoms with Crippen molar-refractivity contribution in [2.45, 2.75) is 445 Å². The predicted molar refractivity (Wildman–Crippen MR) is 409 cm³/mol. The van der Waals surface area contributed by atoms with Crippen molar-refractivity contribution in [3.8, 4) is 0 Å². The van der Waals surface area contributed by atoms with E-state index in [-0.39, 0.29) is 25.7 Å². The quantitative estimate of drug-likeness (QED) is 0.0222. The predicted octanol–water partition coefficient (Wildman–Crippen LogP) is 24.3. The van der Waals surface area contributed by atoms with E-state index in [1.54, 1.807) is 0 Å². The van der Waals surface area contributed by atoms with Crippen LogP contribution in [0.3, 0.4) is 0 Å². The molecule has 0 aromatic heterocycles. The maximum absolute atomic E-state index is 13.1. The van der Waals surface area contributed by atoms with Gasteiger partial charge in [0, 0.05) is 25.7 Å². The summed E-state index contributed by atoms with van der Waals surface area (Å²) in [5.41, 5.74) is 0. The van der Waals surface area contributed by atoms with Gasteiger partial charge in [0.05, 0.1) is 26.4 Å². The zero-order chi connectivity index (χ0) is 73.5. The SMILES string of the molecule is CCCCCCCCCCCCCCCCCCCCCCCCC(=O)O[C@H](COC(=O)CCCCCCCCCCCCCCCCC(C)C)COP(=O)(O)OC[C@@H](O)COP(=O)(O)OC[C@@H](COC(=O)CCCCCCCCCC)OC(=O)CCCCCCCCCCCCC(C)C. The molecule has 0 aliphatic rings. The van der Waals surface area contributed by atoms with Crippen molar-refractivity contribution in [3.05, 3.63) is 0 Å². The van der Waals surface area contributed by atoms with Gasteiger partial charge in [-0.1, -0.05) is 375 Å². The largest absolute Gasteiger partial charge is 0.472 e. The average molecular weight is 1470 g/mol. The Hall–Kier alpha value is -1.94. The molecule has 17 nitrogen and oxygen atoms in total. The molecule has 0 saturated carbocycles. The molecule has 100 heavy (non-hydrogen) atoms. The first-order valence-electron chi connectivity index (χ1n) is 42.0. The highest BCUT2D eigenvalue weighted by atomic mass is 31.2. The lowest BCUT2D eigenvalue weighted by Crippen LogP contribution is -2.30. The van der Waals surface area contributed by atoms with Gasteiger partial charge in [0.1, 0.15) is 19.3 Å². The molecule has 0 aliphatic heterocycles. The molecule has 0 fully saturated rings. The van der Waals surface area contributed by atoms with Crippen LogP contribution in [0.5, 0.6) is 0 Å². The van der Waals surface area contributed by atoms with E-state index in [0.717, 1.165) is 108 Å². The summed E-state index contributed by atoms with van der Waals surface area (Å²) in [4.78, 5) is 72.9. The van der Waals surface area contributed by atoms with Crippen molar-refractivity contribution < 1.29 is 80.2 Å². The third kappa shape index (κ3) is 74.3. The van der Waals surface area contributed by atoms with E-state index in [2.05, 4.69) is 41.5 Å². The molecule has 0 spiro atoms. The minimum Gasteiger partial charge on any atom is -0.462 e. The van der Waals surface area contributed by atoms with Crippen molar-refractivity contribution in [3.63, 3.8) is 0 Å². The molecular weight excluding hydrogens is 1310 g/mol. The van der Waals surface area contributed by atoms with Crippen molar-refractivity contribution in [2.24, 2.45) is 11.8 Å². The lowest BCUT2D eigenvalue weighted by molar-refractivity contribution is -0.161. The molecule has 19 heteroatoms. The molecule has 2 unspecified atom stereocenters. The molecule has 594 valence electrons. The molecule has 5 atom stereocenters. The number of phosphoric acid groups is 2. The molecular formula is C81H158O17P2. The number of aliphatic hydroxyl groups excluding tert-OH is 1. The van der Waals surface area contributed by atoms with Crippen LogP contribution in [0.1, 0.15) is 427 Å². The van der Waals surface area contributed by atoms with Crippen LogP contribution in [0.4, 0.5) is 0 Å². The van der Waals surface area contributed by atoms with E-state index in [0.29, 0.717) is 25.7 Å². The summed E-state index contributed by atoms with van der Waals surface area (Å²) in [6.45, 7) is 9.61. The summed E-state index contributed by atoms with van der Waals surface area (Å²) in [5.74, 6) is -0.562. The van der Waals surface area contributed by atoms with E-state index < -0.39 is 97.5 Å². The first-order valence-corrected chi connectivity index (χ1v) is 45.0. The lowest BCUT2D eigenvalue weighted by atomic mass is 10.0. The standard InChI is InChI=1S/C81H158O17P2/c1-7-9-11-13-15-17-18-19-20-21-22-23-24-25-26-27-32-35-41-47-53-59-65-80(85)98-77(70-92-79(84)64-58-52-46-40-34-31-29-28-30-33-38-43-49-55-61-73(3)4)72-96-100(89,90)94-68-75(82)67-93-99(87,88)95-71-76(69-91-78(83)63-57-51-45-16-14-12-10-8-2)97-81(86)66-60-54-48-42-37-36-39-44-50-56-62-74(5)6/h73-77,82H,7-72H2,1-6H3,(H,87,88)(H,89,90)/t75-,76+,77+/m0/s1. The number of rotatable bonds is 80. The smallest absolute Gasteiger partial charge is 0.462 e. The molecule has 0 amide bonds. The van der Waals surface area contributed by atoms with Crippen LogP contribution in [0.25, 0.3) is 0 Å². The van der Waals surface area contributed by atoms with E-state index in [1.165, 1.54) is 238 Å². The van der Waals surface area contributed by atoms with Gasteiger partial charge in [-0.2, -0.15) is 0 Å². The van der Waals surface area contributed by atoms with Gasteiger partial charge >= 0.3 is 39.5 Å². The van der Waals surface area contributed by atoms with Crippen LogP contribution in [-0.4, -0.2) is 96.7 Å². The second-order valence-corrected chi connectivity index (χ2v) is 33.0. The number of esters is 4. The third-order valence-corrected chi connectivity index (χ3v) is 20.9. The molecule has 0 aliphatic carbocycles. The maximum atomic E-state index is 13.1. The lowest BCUT2D eigenvalue weighted by Gasteiger charge is -2.21. The van der Waals surface area contributed by atoms with Gasteiger partial charge in [-0.05, 0) is 37.5 Å². The number of phosphoric ester groups is 2. The first-order chi connectivity index (χ1) is 48.4. The second-order valence-electron chi connectivity index (χ2n) is 30.1. The van der Waals surface area contributed by atoms with Gasteiger partial charge in [0.25, 0.3) is 0 Å². The minimum atomic E-state index is -4.96. The molecule has 3 N–H and O–H groups in total. The number of hydrogen-bond acceptors (Lipinski definition) is 15. The van der Waals surface area contributed by atoms with E-state index in [4.69, 9.17) is 37.0 Å². The summed E-state index contributed by atoms with van der Waals surface area (Å²) in [7, 11) is -9.91. The highest BCUT2D eigenvalue weighted by Crippen LogP contribution is 2.45. The van der Waals surface area contributed by atoms with Crippen LogP contribution in [-0.2, 0) is 65.4 Å². The Bertz CT molecular complexity index is 1920. The van der Waals surface area contributed by atoms with Crippen LogP contribution >= 0.6 is 15.6 Å². The van der Waals surface area contributed by atoms with Gasteiger partial charge in [-0.25, -0.2) is 9.13 Å². The van der Waals surface area contributed by atoms with Crippen molar-refractivity contribution >= 4 is 39.5 Å². The molecule has 0 bridgehead atoms. The number of carbonyl (C=O) groups is 4.